The zero-order valence-electron chi connectivity index (χ0n) is 11.0. The Kier molecular flexibility index (Phi) is 4.09. The SMILES string of the molecule is NC(=O)c1cnc([C@H]2CCCCN2Cc2cncs2)s1. The molecule has 2 aromatic rings. The zero-order valence-corrected chi connectivity index (χ0v) is 12.6. The number of carbonyl (C=O) groups excluding carboxylic acids is 1. The van der Waals surface area contributed by atoms with Gasteiger partial charge in [-0.3, -0.25) is 14.7 Å². The van der Waals surface area contributed by atoms with Gasteiger partial charge in [0.05, 0.1) is 17.7 Å². The third-order valence-electron chi connectivity index (χ3n) is 3.51. The Morgan fingerprint density at radius 1 is 1.45 bits per heavy atom. The molecule has 0 aliphatic carbocycles. The summed E-state index contributed by atoms with van der Waals surface area (Å²) in [5.41, 5.74) is 7.18. The van der Waals surface area contributed by atoms with E-state index in [2.05, 4.69) is 14.9 Å². The number of nitrogens with two attached hydrogens (primary N) is 1. The van der Waals surface area contributed by atoms with Gasteiger partial charge in [0, 0.05) is 17.6 Å². The lowest BCUT2D eigenvalue weighted by Crippen LogP contribution is -2.32. The van der Waals surface area contributed by atoms with Gasteiger partial charge in [0.15, 0.2) is 0 Å². The van der Waals surface area contributed by atoms with Crippen LogP contribution in [0.5, 0.6) is 0 Å². The summed E-state index contributed by atoms with van der Waals surface area (Å²) < 4.78 is 0. The molecule has 20 heavy (non-hydrogen) atoms. The minimum atomic E-state index is -0.390. The van der Waals surface area contributed by atoms with Crippen LogP contribution in [0.2, 0.25) is 0 Å². The van der Waals surface area contributed by atoms with Gasteiger partial charge in [0.1, 0.15) is 9.88 Å². The maximum atomic E-state index is 11.2. The van der Waals surface area contributed by atoms with Gasteiger partial charge in [-0.2, -0.15) is 0 Å². The van der Waals surface area contributed by atoms with E-state index >= 15 is 0 Å². The highest BCUT2D eigenvalue weighted by Gasteiger charge is 2.27. The van der Waals surface area contributed by atoms with Crippen molar-refractivity contribution in [2.75, 3.05) is 6.54 Å². The van der Waals surface area contributed by atoms with Crippen molar-refractivity contribution in [2.24, 2.45) is 5.73 Å². The van der Waals surface area contributed by atoms with Crippen LogP contribution in [0.25, 0.3) is 0 Å². The predicted molar refractivity (Wildman–Crippen MR) is 79.7 cm³/mol. The molecule has 106 valence electrons. The predicted octanol–water partition coefficient (Wildman–Crippen LogP) is 2.43. The van der Waals surface area contributed by atoms with E-state index in [0.29, 0.717) is 10.9 Å². The molecule has 0 spiro atoms. The molecule has 7 heteroatoms. The van der Waals surface area contributed by atoms with Crippen molar-refractivity contribution < 1.29 is 4.79 Å². The van der Waals surface area contributed by atoms with E-state index in [1.165, 1.54) is 29.1 Å². The molecule has 0 aromatic carbocycles. The van der Waals surface area contributed by atoms with Crippen LogP contribution in [0.3, 0.4) is 0 Å². The van der Waals surface area contributed by atoms with Gasteiger partial charge < -0.3 is 5.73 Å². The van der Waals surface area contributed by atoms with E-state index in [1.807, 2.05) is 11.7 Å². The first-order valence-corrected chi connectivity index (χ1v) is 8.30. The molecule has 1 amide bonds. The average Bonchev–Trinajstić information content (AvgIpc) is 3.10. The Labute approximate surface area is 125 Å². The molecule has 2 aromatic heterocycles. The van der Waals surface area contributed by atoms with Gasteiger partial charge in [-0.1, -0.05) is 6.42 Å². The van der Waals surface area contributed by atoms with Gasteiger partial charge in [0.2, 0.25) is 0 Å². The molecule has 5 nitrogen and oxygen atoms in total. The number of thiazole rings is 2. The molecular weight excluding hydrogens is 292 g/mol. The van der Waals surface area contributed by atoms with Crippen LogP contribution in [0.1, 0.15) is 44.9 Å². The van der Waals surface area contributed by atoms with Crippen LogP contribution in [0.15, 0.2) is 17.9 Å². The van der Waals surface area contributed by atoms with Crippen molar-refractivity contribution >= 4 is 28.6 Å². The molecule has 3 heterocycles. The number of primary amides is 1. The molecule has 1 aliphatic heterocycles. The van der Waals surface area contributed by atoms with Gasteiger partial charge in [-0.15, -0.1) is 22.7 Å². The minimum absolute atomic E-state index is 0.295. The molecule has 0 unspecified atom stereocenters. The summed E-state index contributed by atoms with van der Waals surface area (Å²) in [6, 6.07) is 0.295. The van der Waals surface area contributed by atoms with Gasteiger partial charge in [-0.05, 0) is 19.4 Å². The summed E-state index contributed by atoms with van der Waals surface area (Å²) >= 11 is 3.10. The number of nitrogens with zero attached hydrogens (tertiary/aromatic N) is 3. The van der Waals surface area contributed by atoms with Crippen molar-refractivity contribution in [2.45, 2.75) is 31.8 Å². The van der Waals surface area contributed by atoms with Gasteiger partial charge >= 0.3 is 0 Å². The molecule has 1 atom stereocenters. The van der Waals surface area contributed by atoms with E-state index in [-0.39, 0.29) is 0 Å². The molecule has 0 radical (unpaired) electrons. The fraction of sp³-hybridized carbons (Fsp3) is 0.462. The van der Waals surface area contributed by atoms with Crippen LogP contribution >= 0.6 is 22.7 Å². The summed E-state index contributed by atoms with van der Waals surface area (Å²) in [7, 11) is 0. The van der Waals surface area contributed by atoms with Crippen molar-refractivity contribution in [1.82, 2.24) is 14.9 Å². The van der Waals surface area contributed by atoms with Crippen LogP contribution in [-0.2, 0) is 6.54 Å². The third kappa shape index (κ3) is 2.89. The van der Waals surface area contributed by atoms with Crippen molar-refractivity contribution in [3.05, 3.63) is 32.7 Å². The summed E-state index contributed by atoms with van der Waals surface area (Å²) in [5.74, 6) is -0.390. The van der Waals surface area contributed by atoms with Crippen molar-refractivity contribution in [3.8, 4) is 0 Å². The zero-order chi connectivity index (χ0) is 13.9. The number of carbonyl (C=O) groups is 1. The van der Waals surface area contributed by atoms with E-state index in [4.69, 9.17) is 5.73 Å². The number of likely N-dealkylation sites (tertiary alicyclic amines) is 1. The number of hydrogen-bond donors (Lipinski definition) is 1. The van der Waals surface area contributed by atoms with Crippen molar-refractivity contribution in [3.63, 3.8) is 0 Å². The normalized spacial score (nSPS) is 20.1. The summed E-state index contributed by atoms with van der Waals surface area (Å²) in [4.78, 5) is 24.0. The van der Waals surface area contributed by atoms with Crippen molar-refractivity contribution in [1.29, 1.82) is 0 Å². The quantitative estimate of drug-likeness (QED) is 0.941. The van der Waals surface area contributed by atoms with E-state index < -0.39 is 5.91 Å². The molecule has 0 bridgehead atoms. The Morgan fingerprint density at radius 3 is 3.05 bits per heavy atom. The summed E-state index contributed by atoms with van der Waals surface area (Å²) in [6.07, 6.45) is 7.03. The van der Waals surface area contributed by atoms with E-state index in [1.54, 1.807) is 17.5 Å². The number of aromatic nitrogens is 2. The maximum Gasteiger partial charge on any atom is 0.260 e. The lowest BCUT2D eigenvalue weighted by molar-refractivity contribution is 0.100. The lowest BCUT2D eigenvalue weighted by Gasteiger charge is -2.34. The minimum Gasteiger partial charge on any atom is -0.365 e. The Bertz CT molecular complexity index is 581. The monoisotopic (exact) mass is 308 g/mol. The second kappa shape index (κ2) is 5.99. The number of piperidine rings is 1. The topological polar surface area (TPSA) is 72.1 Å². The first-order chi connectivity index (χ1) is 9.74. The largest absolute Gasteiger partial charge is 0.365 e. The third-order valence-corrected chi connectivity index (χ3v) is 5.39. The highest BCUT2D eigenvalue weighted by Crippen LogP contribution is 2.34. The number of rotatable bonds is 4. The van der Waals surface area contributed by atoms with Crippen LogP contribution in [0, 0.1) is 0 Å². The summed E-state index contributed by atoms with van der Waals surface area (Å²) in [6.45, 7) is 1.97. The average molecular weight is 308 g/mol. The number of amides is 1. The van der Waals surface area contributed by atoms with E-state index in [0.717, 1.165) is 24.5 Å². The molecule has 3 rings (SSSR count). The highest BCUT2D eigenvalue weighted by atomic mass is 32.1. The highest BCUT2D eigenvalue weighted by molar-refractivity contribution is 7.13. The first-order valence-electron chi connectivity index (χ1n) is 6.61. The Hall–Kier alpha value is -1.31. The summed E-state index contributed by atoms with van der Waals surface area (Å²) in [5, 5.41) is 1.00. The maximum absolute atomic E-state index is 11.2. The van der Waals surface area contributed by atoms with E-state index in [9.17, 15) is 4.79 Å². The second-order valence-electron chi connectivity index (χ2n) is 4.88. The first kappa shape index (κ1) is 13.7. The fourth-order valence-corrected chi connectivity index (χ4v) is 4.09. The number of hydrogen-bond acceptors (Lipinski definition) is 6. The second-order valence-corrected chi connectivity index (χ2v) is 6.91. The Morgan fingerprint density at radius 2 is 2.35 bits per heavy atom. The standard InChI is InChI=1S/C13H16N4OS2/c14-12(18)11-6-16-13(20-11)10-3-1-2-4-17(10)7-9-5-15-8-19-9/h5-6,8,10H,1-4,7H2,(H2,14,18)/t10-/m1/s1. The Balaban J connectivity index is 1.78. The molecule has 1 saturated heterocycles. The van der Waals surface area contributed by atoms with Gasteiger partial charge in [-0.25, -0.2) is 4.98 Å². The van der Waals surface area contributed by atoms with Crippen LogP contribution < -0.4 is 5.73 Å². The lowest BCUT2D eigenvalue weighted by atomic mass is 10.0. The van der Waals surface area contributed by atoms with Crippen LogP contribution in [0.4, 0.5) is 0 Å². The smallest absolute Gasteiger partial charge is 0.260 e. The molecule has 0 saturated carbocycles. The van der Waals surface area contributed by atoms with Crippen LogP contribution in [-0.4, -0.2) is 27.3 Å². The molecule has 1 fully saturated rings. The molecule has 1 aliphatic rings. The molecule has 2 N–H and O–H groups in total. The van der Waals surface area contributed by atoms with Gasteiger partial charge in [0.25, 0.3) is 5.91 Å². The fourth-order valence-electron chi connectivity index (χ4n) is 2.54. The molecular formula is C13H16N4OS2.